The van der Waals surface area contributed by atoms with Crippen LogP contribution in [0.1, 0.15) is 12.0 Å². The van der Waals surface area contributed by atoms with Gasteiger partial charge in [0, 0.05) is 20.8 Å². The number of para-hydroxylation sites is 1. The van der Waals surface area contributed by atoms with Gasteiger partial charge in [0.1, 0.15) is 0 Å². The van der Waals surface area contributed by atoms with Crippen LogP contribution in [-0.4, -0.2) is 28.1 Å². The summed E-state index contributed by atoms with van der Waals surface area (Å²) in [6.45, 7) is 7.02. The number of fused-ring (bicyclic) bond motifs is 1. The van der Waals surface area contributed by atoms with Gasteiger partial charge in [-0.15, -0.1) is 0 Å². The van der Waals surface area contributed by atoms with Crippen LogP contribution < -0.4 is 4.90 Å². The number of ether oxygens (including phenoxy) is 1. The first-order valence-electron chi connectivity index (χ1n) is 8.05. The molecule has 23 heavy (non-hydrogen) atoms. The summed E-state index contributed by atoms with van der Waals surface area (Å²) in [4.78, 5) is 14.8. The van der Waals surface area contributed by atoms with Crippen LogP contribution in [0.25, 0.3) is 0 Å². The maximum atomic E-state index is 13.0. The third-order valence-electron chi connectivity index (χ3n) is 4.24. The zero-order valence-corrected chi connectivity index (χ0v) is 15.8. The molecule has 0 saturated heterocycles. The van der Waals surface area contributed by atoms with Gasteiger partial charge in [0.2, 0.25) is 5.91 Å². The smallest absolute Gasteiger partial charge is 0.241 e. The van der Waals surface area contributed by atoms with Crippen LogP contribution in [0.2, 0.25) is 25.7 Å². The molecule has 0 radical (unpaired) electrons. The molecular weight excluding hydrogens is 302 g/mol. The van der Waals surface area contributed by atoms with Crippen LogP contribution in [0, 0.1) is 0 Å². The number of carbonyl (C=O) groups excluding carboxylic acids is 1. The lowest BCUT2D eigenvalue weighted by molar-refractivity contribution is -0.121. The topological polar surface area (TPSA) is 29.5 Å². The first-order valence-corrected chi connectivity index (χ1v) is 11.8. The van der Waals surface area contributed by atoms with Crippen LogP contribution >= 0.6 is 0 Å². The van der Waals surface area contributed by atoms with Crippen LogP contribution in [0.4, 0.5) is 5.69 Å². The van der Waals surface area contributed by atoms with E-state index in [-0.39, 0.29) is 5.91 Å². The lowest BCUT2D eigenvalue weighted by atomic mass is 9.78. The molecule has 1 aliphatic heterocycles. The van der Waals surface area contributed by atoms with E-state index in [0.717, 1.165) is 17.3 Å². The zero-order chi connectivity index (χ0) is 17.1. The molecule has 0 bridgehead atoms. The van der Waals surface area contributed by atoms with E-state index in [4.69, 9.17) is 4.74 Å². The van der Waals surface area contributed by atoms with Gasteiger partial charge in [0.25, 0.3) is 0 Å². The van der Waals surface area contributed by atoms with Crippen molar-refractivity contribution in [2.75, 3.05) is 19.1 Å². The second-order valence-corrected chi connectivity index (χ2v) is 12.9. The number of carbonyl (C=O) groups is 1. The molecule has 1 atom stereocenters. The van der Waals surface area contributed by atoms with Gasteiger partial charge in [0.05, 0.1) is 18.8 Å². The number of rotatable bonds is 6. The number of anilines is 1. The van der Waals surface area contributed by atoms with Crippen molar-refractivity contribution in [2.24, 2.45) is 0 Å². The SMILES string of the molecule is CO/C=C\CC1(/C=C/C[Si](C)(C)C)C(=O)N(C)c2ccccc21. The molecule has 0 aliphatic carbocycles. The normalized spacial score (nSPS) is 21.4. The number of methoxy groups -OCH3 is 1. The highest BCUT2D eigenvalue weighted by Crippen LogP contribution is 2.44. The van der Waals surface area contributed by atoms with Crippen LogP contribution in [-0.2, 0) is 14.9 Å². The lowest BCUT2D eigenvalue weighted by Gasteiger charge is -2.24. The molecule has 1 amide bonds. The summed E-state index contributed by atoms with van der Waals surface area (Å²) in [7, 11) is 2.30. The molecule has 1 unspecified atom stereocenters. The van der Waals surface area contributed by atoms with E-state index in [1.54, 1.807) is 18.3 Å². The molecule has 3 nitrogen and oxygen atoms in total. The summed E-state index contributed by atoms with van der Waals surface area (Å²) in [5.74, 6) is 0.131. The Labute approximate surface area is 140 Å². The summed E-state index contributed by atoms with van der Waals surface area (Å²) in [6, 6.07) is 9.14. The van der Waals surface area contributed by atoms with Crippen molar-refractivity contribution in [2.45, 2.75) is 37.5 Å². The second kappa shape index (κ2) is 6.75. The number of likely N-dealkylation sites (N-methyl/N-ethyl adjacent to an activating group) is 1. The zero-order valence-electron chi connectivity index (χ0n) is 14.8. The number of amides is 1. The fourth-order valence-electron chi connectivity index (χ4n) is 3.04. The van der Waals surface area contributed by atoms with Crippen LogP contribution in [0.5, 0.6) is 0 Å². The van der Waals surface area contributed by atoms with Gasteiger partial charge in [-0.2, -0.15) is 0 Å². The monoisotopic (exact) mass is 329 g/mol. The highest BCUT2D eigenvalue weighted by molar-refractivity contribution is 6.76. The predicted molar refractivity (Wildman–Crippen MR) is 99.6 cm³/mol. The lowest BCUT2D eigenvalue weighted by Crippen LogP contribution is -2.37. The van der Waals surface area contributed by atoms with E-state index in [0.29, 0.717) is 6.42 Å². The molecule has 0 spiro atoms. The third-order valence-corrected chi connectivity index (χ3v) is 5.70. The Kier molecular flexibility index (Phi) is 5.15. The van der Waals surface area contributed by atoms with Gasteiger partial charge >= 0.3 is 0 Å². The minimum atomic E-state index is -1.19. The van der Waals surface area contributed by atoms with Gasteiger partial charge in [-0.3, -0.25) is 4.79 Å². The molecule has 1 aromatic rings. The Bertz CT molecular complexity index is 631. The number of hydrogen-bond acceptors (Lipinski definition) is 2. The fraction of sp³-hybridized carbons (Fsp3) is 0.421. The average molecular weight is 330 g/mol. The van der Waals surface area contributed by atoms with Crippen molar-refractivity contribution in [3.63, 3.8) is 0 Å². The maximum absolute atomic E-state index is 13.0. The van der Waals surface area contributed by atoms with Gasteiger partial charge in [-0.1, -0.05) is 50.0 Å². The standard InChI is InChI=1S/C19H27NO2Si/c1-20-17-11-7-6-10-16(17)19(18(20)21,12-8-14-22-2)13-9-15-23(3,4)5/h6-11,13-14H,12,15H2,1-5H3/b13-9+,14-8-. The van der Waals surface area contributed by atoms with E-state index < -0.39 is 13.5 Å². The van der Waals surface area contributed by atoms with Crippen molar-refractivity contribution < 1.29 is 9.53 Å². The molecule has 0 saturated carbocycles. The maximum Gasteiger partial charge on any atom is 0.241 e. The largest absolute Gasteiger partial charge is 0.505 e. The quantitative estimate of drug-likeness (QED) is 0.441. The van der Waals surface area contributed by atoms with Gasteiger partial charge in [0.15, 0.2) is 0 Å². The van der Waals surface area contributed by atoms with E-state index in [2.05, 4.69) is 37.9 Å². The molecule has 0 N–H and O–H groups in total. The van der Waals surface area contributed by atoms with Crippen LogP contribution in [0.3, 0.4) is 0 Å². The van der Waals surface area contributed by atoms with E-state index in [1.807, 2.05) is 31.3 Å². The summed E-state index contributed by atoms with van der Waals surface area (Å²) in [5, 5.41) is 0. The number of benzene rings is 1. The second-order valence-electron chi connectivity index (χ2n) is 7.33. The molecule has 124 valence electrons. The highest BCUT2D eigenvalue weighted by atomic mass is 28.3. The summed E-state index contributed by atoms with van der Waals surface area (Å²) in [5.41, 5.74) is 1.47. The Morgan fingerprint density at radius 2 is 1.91 bits per heavy atom. The van der Waals surface area contributed by atoms with E-state index in [1.165, 1.54) is 0 Å². The molecule has 2 rings (SSSR count). The van der Waals surface area contributed by atoms with Crippen molar-refractivity contribution >= 4 is 19.7 Å². The number of nitrogens with zero attached hydrogens (tertiary/aromatic N) is 1. The third kappa shape index (κ3) is 3.58. The van der Waals surface area contributed by atoms with Gasteiger partial charge < -0.3 is 9.64 Å². The summed E-state index contributed by atoms with van der Waals surface area (Å²) >= 11 is 0. The Hall–Kier alpha value is -1.81. The molecule has 0 fully saturated rings. The van der Waals surface area contributed by atoms with E-state index in [9.17, 15) is 4.79 Å². The minimum Gasteiger partial charge on any atom is -0.505 e. The molecule has 4 heteroatoms. The summed E-state index contributed by atoms with van der Waals surface area (Å²) in [6.07, 6.45) is 8.54. The molecular formula is C19H27NO2Si. The highest BCUT2D eigenvalue weighted by Gasteiger charge is 2.46. The van der Waals surface area contributed by atoms with Crippen molar-refractivity contribution in [1.29, 1.82) is 0 Å². The Morgan fingerprint density at radius 1 is 1.22 bits per heavy atom. The first kappa shape index (κ1) is 17.5. The van der Waals surface area contributed by atoms with E-state index >= 15 is 0 Å². The van der Waals surface area contributed by atoms with Crippen molar-refractivity contribution in [1.82, 2.24) is 0 Å². The molecule has 1 aromatic carbocycles. The molecule has 1 aliphatic rings. The number of hydrogen-bond donors (Lipinski definition) is 0. The first-order chi connectivity index (χ1) is 10.8. The van der Waals surface area contributed by atoms with Gasteiger partial charge in [-0.25, -0.2) is 0 Å². The Morgan fingerprint density at radius 3 is 2.57 bits per heavy atom. The van der Waals surface area contributed by atoms with Crippen molar-refractivity contribution in [3.05, 3.63) is 54.3 Å². The van der Waals surface area contributed by atoms with Crippen molar-refractivity contribution in [3.8, 4) is 0 Å². The minimum absolute atomic E-state index is 0.131. The van der Waals surface area contributed by atoms with Crippen LogP contribution in [0.15, 0.2) is 48.8 Å². The molecule has 0 aromatic heterocycles. The van der Waals surface area contributed by atoms with Gasteiger partial charge in [-0.05, 0) is 30.2 Å². The predicted octanol–water partition coefficient (Wildman–Crippen LogP) is 4.35. The average Bonchev–Trinajstić information content (AvgIpc) is 2.70. The fourth-order valence-corrected chi connectivity index (χ4v) is 3.86. The summed E-state index contributed by atoms with van der Waals surface area (Å²) < 4.78 is 5.03. The number of allylic oxidation sites excluding steroid dienone is 2. The Balaban J connectivity index is 2.46. The molecule has 1 heterocycles.